The SMILES string of the molecule is CCN(CC)CCCN(CC)C(C)C(=O)c1ccc(Cl)s1. The van der Waals surface area contributed by atoms with Gasteiger partial charge in [-0.15, -0.1) is 11.3 Å². The number of carbonyl (C=O) groups is 1. The van der Waals surface area contributed by atoms with Gasteiger partial charge >= 0.3 is 0 Å². The second-order valence-electron chi connectivity index (χ2n) is 5.15. The fourth-order valence-electron chi connectivity index (χ4n) is 2.48. The largest absolute Gasteiger partial charge is 0.304 e. The molecule has 0 aliphatic carbocycles. The van der Waals surface area contributed by atoms with Crippen LogP contribution in [0.4, 0.5) is 0 Å². The molecule has 0 bridgehead atoms. The summed E-state index contributed by atoms with van der Waals surface area (Å²) in [5.74, 6) is 0.177. The second kappa shape index (κ2) is 9.57. The predicted octanol–water partition coefficient (Wildman–Crippen LogP) is 4.03. The molecule has 5 heteroatoms. The molecule has 1 heterocycles. The zero-order valence-electron chi connectivity index (χ0n) is 13.6. The number of hydrogen-bond acceptors (Lipinski definition) is 4. The van der Waals surface area contributed by atoms with Gasteiger partial charge in [-0.3, -0.25) is 9.69 Å². The maximum absolute atomic E-state index is 12.5. The summed E-state index contributed by atoms with van der Waals surface area (Å²) in [4.78, 5) is 17.9. The van der Waals surface area contributed by atoms with Gasteiger partial charge in [0, 0.05) is 6.54 Å². The lowest BCUT2D eigenvalue weighted by Gasteiger charge is -2.27. The summed E-state index contributed by atoms with van der Waals surface area (Å²) in [6.45, 7) is 13.6. The summed E-state index contributed by atoms with van der Waals surface area (Å²) in [5, 5.41) is 0. The highest BCUT2D eigenvalue weighted by Gasteiger charge is 2.22. The minimum atomic E-state index is -0.0820. The van der Waals surface area contributed by atoms with Gasteiger partial charge in [-0.2, -0.15) is 0 Å². The summed E-state index contributed by atoms with van der Waals surface area (Å²) < 4.78 is 0.676. The van der Waals surface area contributed by atoms with E-state index >= 15 is 0 Å². The van der Waals surface area contributed by atoms with Gasteiger partial charge in [0.15, 0.2) is 5.78 Å². The van der Waals surface area contributed by atoms with Gasteiger partial charge in [-0.1, -0.05) is 32.4 Å². The smallest absolute Gasteiger partial charge is 0.189 e. The Bertz CT molecular complexity index is 432. The lowest BCUT2D eigenvalue weighted by Crippen LogP contribution is -2.40. The van der Waals surface area contributed by atoms with Gasteiger partial charge < -0.3 is 4.90 Å². The molecule has 0 radical (unpaired) electrons. The zero-order valence-corrected chi connectivity index (χ0v) is 15.1. The molecule has 1 atom stereocenters. The highest BCUT2D eigenvalue weighted by molar-refractivity contribution is 7.18. The standard InChI is InChI=1S/C16H27ClN2OS/c1-5-18(6-2)11-8-12-19(7-3)13(4)16(20)14-9-10-15(17)21-14/h9-10,13H,5-8,11-12H2,1-4H3. The van der Waals surface area contributed by atoms with E-state index in [0.29, 0.717) is 4.34 Å². The third-order valence-corrected chi connectivity index (χ3v) is 5.21. The lowest BCUT2D eigenvalue weighted by atomic mass is 10.1. The normalized spacial score (nSPS) is 13.1. The molecular formula is C16H27ClN2OS. The number of carbonyl (C=O) groups excluding carboxylic acids is 1. The average molecular weight is 331 g/mol. The highest BCUT2D eigenvalue weighted by atomic mass is 35.5. The number of thiophene rings is 1. The van der Waals surface area contributed by atoms with Crippen LogP contribution in [-0.4, -0.2) is 54.3 Å². The molecule has 1 aromatic heterocycles. The topological polar surface area (TPSA) is 23.6 Å². The van der Waals surface area contributed by atoms with Crippen molar-refractivity contribution in [2.24, 2.45) is 0 Å². The third kappa shape index (κ3) is 5.70. The first kappa shape index (κ1) is 18.6. The first-order valence-corrected chi connectivity index (χ1v) is 8.98. The Morgan fingerprint density at radius 2 is 1.86 bits per heavy atom. The summed E-state index contributed by atoms with van der Waals surface area (Å²) in [6, 6.07) is 3.54. The molecular weight excluding hydrogens is 304 g/mol. The number of Topliss-reactive ketones (excluding diaryl/α,β-unsaturated/α-hetero) is 1. The van der Waals surface area contributed by atoms with Crippen LogP contribution in [0.1, 0.15) is 43.8 Å². The van der Waals surface area contributed by atoms with E-state index in [1.165, 1.54) is 11.3 Å². The van der Waals surface area contributed by atoms with Crippen molar-refractivity contribution < 1.29 is 4.79 Å². The molecule has 0 aromatic carbocycles. The minimum absolute atomic E-state index is 0.0820. The number of likely N-dealkylation sites (N-methyl/N-ethyl adjacent to an activating group) is 1. The molecule has 0 aliphatic rings. The van der Waals surface area contributed by atoms with Gasteiger partial charge in [0.25, 0.3) is 0 Å². The van der Waals surface area contributed by atoms with Crippen molar-refractivity contribution in [3.63, 3.8) is 0 Å². The summed E-state index contributed by atoms with van der Waals surface area (Å²) in [7, 11) is 0. The van der Waals surface area contributed by atoms with Crippen LogP contribution < -0.4 is 0 Å². The Morgan fingerprint density at radius 1 is 1.19 bits per heavy atom. The van der Waals surface area contributed by atoms with Crippen LogP contribution in [0, 0.1) is 0 Å². The Morgan fingerprint density at radius 3 is 2.33 bits per heavy atom. The van der Waals surface area contributed by atoms with E-state index in [1.807, 2.05) is 13.0 Å². The summed E-state index contributed by atoms with van der Waals surface area (Å²) >= 11 is 7.29. The second-order valence-corrected chi connectivity index (χ2v) is 6.87. The Kier molecular flexibility index (Phi) is 8.49. The predicted molar refractivity (Wildman–Crippen MR) is 92.8 cm³/mol. The molecule has 1 aromatic rings. The van der Waals surface area contributed by atoms with E-state index < -0.39 is 0 Å². The van der Waals surface area contributed by atoms with Gasteiger partial charge in [0.05, 0.1) is 15.3 Å². The van der Waals surface area contributed by atoms with Crippen molar-refractivity contribution in [1.82, 2.24) is 9.80 Å². The quantitative estimate of drug-likeness (QED) is 0.605. The third-order valence-electron chi connectivity index (χ3n) is 3.96. The Labute approximate surface area is 137 Å². The molecule has 3 nitrogen and oxygen atoms in total. The molecule has 0 amide bonds. The minimum Gasteiger partial charge on any atom is -0.304 e. The molecule has 1 unspecified atom stereocenters. The Hall–Kier alpha value is -0.420. The molecule has 1 rings (SSSR count). The fraction of sp³-hybridized carbons (Fsp3) is 0.688. The van der Waals surface area contributed by atoms with Gasteiger partial charge in [0.2, 0.25) is 0 Å². The Balaban J connectivity index is 2.52. The first-order chi connectivity index (χ1) is 10.0. The number of nitrogens with zero attached hydrogens (tertiary/aromatic N) is 2. The number of hydrogen-bond donors (Lipinski definition) is 0. The van der Waals surface area contributed by atoms with Crippen LogP contribution in [0.5, 0.6) is 0 Å². The average Bonchev–Trinajstić information content (AvgIpc) is 2.93. The lowest BCUT2D eigenvalue weighted by molar-refractivity contribution is 0.0843. The highest BCUT2D eigenvalue weighted by Crippen LogP contribution is 2.23. The molecule has 0 saturated carbocycles. The van der Waals surface area contributed by atoms with Crippen molar-refractivity contribution >= 4 is 28.7 Å². The van der Waals surface area contributed by atoms with Crippen LogP contribution in [-0.2, 0) is 0 Å². The van der Waals surface area contributed by atoms with Crippen molar-refractivity contribution in [2.75, 3.05) is 32.7 Å². The first-order valence-electron chi connectivity index (χ1n) is 7.79. The molecule has 0 saturated heterocycles. The molecule has 0 aliphatic heterocycles. The maximum atomic E-state index is 12.5. The van der Waals surface area contributed by atoms with E-state index in [-0.39, 0.29) is 11.8 Å². The van der Waals surface area contributed by atoms with Crippen molar-refractivity contribution in [1.29, 1.82) is 0 Å². The molecule has 0 spiro atoms. The fourth-order valence-corrected chi connectivity index (χ4v) is 3.55. The molecule has 120 valence electrons. The van der Waals surface area contributed by atoms with Crippen molar-refractivity contribution in [3.8, 4) is 0 Å². The maximum Gasteiger partial charge on any atom is 0.189 e. The van der Waals surface area contributed by atoms with Crippen LogP contribution >= 0.6 is 22.9 Å². The van der Waals surface area contributed by atoms with Gasteiger partial charge in [-0.25, -0.2) is 0 Å². The van der Waals surface area contributed by atoms with Gasteiger partial charge in [0.1, 0.15) is 0 Å². The van der Waals surface area contributed by atoms with Crippen molar-refractivity contribution in [3.05, 3.63) is 21.3 Å². The molecule has 21 heavy (non-hydrogen) atoms. The van der Waals surface area contributed by atoms with E-state index in [2.05, 4.69) is 30.6 Å². The van der Waals surface area contributed by atoms with Gasteiger partial charge in [-0.05, 0) is 51.7 Å². The van der Waals surface area contributed by atoms with Crippen molar-refractivity contribution in [2.45, 2.75) is 40.2 Å². The van der Waals surface area contributed by atoms with Crippen LogP contribution in [0.3, 0.4) is 0 Å². The number of halogens is 1. The van der Waals surface area contributed by atoms with Crippen LogP contribution in [0.2, 0.25) is 4.34 Å². The van der Waals surface area contributed by atoms with E-state index in [1.54, 1.807) is 6.07 Å². The number of ketones is 1. The molecule has 0 fully saturated rings. The molecule has 0 N–H and O–H groups in total. The summed E-state index contributed by atoms with van der Waals surface area (Å²) in [6.07, 6.45) is 1.10. The van der Waals surface area contributed by atoms with Crippen LogP contribution in [0.15, 0.2) is 12.1 Å². The monoisotopic (exact) mass is 330 g/mol. The summed E-state index contributed by atoms with van der Waals surface area (Å²) in [5.41, 5.74) is 0. The van der Waals surface area contributed by atoms with E-state index in [9.17, 15) is 4.79 Å². The van der Waals surface area contributed by atoms with Crippen LogP contribution in [0.25, 0.3) is 0 Å². The van der Waals surface area contributed by atoms with E-state index in [0.717, 1.165) is 44.0 Å². The van der Waals surface area contributed by atoms with E-state index in [4.69, 9.17) is 11.6 Å². The number of rotatable bonds is 10. The zero-order chi connectivity index (χ0) is 15.8.